The minimum absolute atomic E-state index is 0.0272. The topological polar surface area (TPSA) is 73.3 Å². The maximum atomic E-state index is 10.5. The molecule has 4 heteroatoms. The smallest absolute Gasteiger partial charge is 0.307 e. The van der Waals surface area contributed by atoms with Crippen molar-refractivity contribution >= 4 is 16.9 Å². The molecule has 2 aromatic rings. The fourth-order valence-corrected chi connectivity index (χ4v) is 1.44. The highest BCUT2D eigenvalue weighted by atomic mass is 16.4. The number of benzene rings is 1. The molecule has 3 N–H and O–H groups in total. The second kappa shape index (κ2) is 3.06. The summed E-state index contributed by atoms with van der Waals surface area (Å²) in [5.41, 5.74) is 1.48. The lowest BCUT2D eigenvalue weighted by molar-refractivity contribution is -0.136. The predicted molar refractivity (Wildman–Crippen MR) is 51.3 cm³/mol. The number of aliphatic carboxylic acids is 1. The van der Waals surface area contributed by atoms with Crippen molar-refractivity contribution < 1.29 is 15.0 Å². The van der Waals surface area contributed by atoms with Gasteiger partial charge in [0, 0.05) is 17.1 Å². The van der Waals surface area contributed by atoms with E-state index in [4.69, 9.17) is 5.11 Å². The molecule has 4 nitrogen and oxygen atoms in total. The van der Waals surface area contributed by atoms with Gasteiger partial charge in [-0.05, 0) is 17.7 Å². The number of aromatic nitrogens is 1. The first-order chi connectivity index (χ1) is 6.66. The van der Waals surface area contributed by atoms with Gasteiger partial charge in [0.05, 0.1) is 6.42 Å². The average Bonchev–Trinajstić information content (AvgIpc) is 2.47. The molecule has 2 rings (SSSR count). The van der Waals surface area contributed by atoms with Gasteiger partial charge < -0.3 is 15.2 Å². The molecule has 0 aliphatic rings. The summed E-state index contributed by atoms with van der Waals surface area (Å²) in [6.07, 6.45) is 1.45. The first kappa shape index (κ1) is 8.62. The summed E-state index contributed by atoms with van der Waals surface area (Å²) in [5.74, 6) is -0.730. The van der Waals surface area contributed by atoms with Crippen molar-refractivity contribution in [3.8, 4) is 5.75 Å². The third-order valence-corrected chi connectivity index (χ3v) is 2.08. The maximum absolute atomic E-state index is 10.5. The Morgan fingerprint density at radius 3 is 2.93 bits per heavy atom. The molecule has 14 heavy (non-hydrogen) atoms. The number of rotatable bonds is 2. The zero-order chi connectivity index (χ0) is 10.1. The number of fused-ring (bicyclic) bond motifs is 1. The van der Waals surface area contributed by atoms with Crippen molar-refractivity contribution in [3.05, 3.63) is 30.0 Å². The molecule has 0 unspecified atom stereocenters. The van der Waals surface area contributed by atoms with Crippen LogP contribution in [0.3, 0.4) is 0 Å². The molecule has 0 bridgehead atoms. The second-order valence-electron chi connectivity index (χ2n) is 3.12. The minimum atomic E-state index is -0.876. The van der Waals surface area contributed by atoms with Gasteiger partial charge in [0.1, 0.15) is 5.75 Å². The Morgan fingerprint density at radius 1 is 1.43 bits per heavy atom. The quantitative estimate of drug-likeness (QED) is 0.673. The SMILES string of the molecule is O=C(O)Cc1ccc2[nH]cc(O)c2c1. The third-order valence-electron chi connectivity index (χ3n) is 2.08. The van der Waals surface area contributed by atoms with Crippen LogP contribution >= 0.6 is 0 Å². The standard InChI is InChI=1S/C10H9NO3/c12-9-5-11-8-2-1-6(3-7(8)9)4-10(13)14/h1-3,5,11-12H,4H2,(H,13,14). The number of carbonyl (C=O) groups is 1. The van der Waals surface area contributed by atoms with E-state index in [1.54, 1.807) is 18.2 Å². The van der Waals surface area contributed by atoms with Crippen LogP contribution in [0.2, 0.25) is 0 Å². The summed E-state index contributed by atoms with van der Waals surface area (Å²) in [7, 11) is 0. The highest BCUT2D eigenvalue weighted by Gasteiger charge is 2.05. The summed E-state index contributed by atoms with van der Waals surface area (Å²) in [4.78, 5) is 13.3. The molecule has 1 aromatic heterocycles. The zero-order valence-corrected chi connectivity index (χ0v) is 7.32. The van der Waals surface area contributed by atoms with E-state index >= 15 is 0 Å². The Hall–Kier alpha value is -1.97. The minimum Gasteiger partial charge on any atom is -0.506 e. The van der Waals surface area contributed by atoms with E-state index in [-0.39, 0.29) is 12.2 Å². The summed E-state index contributed by atoms with van der Waals surface area (Å²) in [6.45, 7) is 0. The molecule has 0 aliphatic heterocycles. The van der Waals surface area contributed by atoms with Gasteiger partial charge in [0.15, 0.2) is 0 Å². The number of carboxylic acid groups (broad SMARTS) is 1. The van der Waals surface area contributed by atoms with E-state index in [0.717, 1.165) is 5.52 Å². The normalized spacial score (nSPS) is 10.6. The number of H-pyrrole nitrogens is 1. The van der Waals surface area contributed by atoms with Crippen molar-refractivity contribution in [1.29, 1.82) is 0 Å². The van der Waals surface area contributed by atoms with Crippen LogP contribution in [0.25, 0.3) is 10.9 Å². The van der Waals surface area contributed by atoms with E-state index in [9.17, 15) is 9.90 Å². The van der Waals surface area contributed by atoms with Crippen molar-refractivity contribution in [3.63, 3.8) is 0 Å². The number of aromatic amines is 1. The molecule has 0 radical (unpaired) electrons. The Labute approximate surface area is 79.8 Å². The van der Waals surface area contributed by atoms with Crippen LogP contribution in [0.1, 0.15) is 5.56 Å². The molecule has 72 valence electrons. The van der Waals surface area contributed by atoms with Crippen molar-refractivity contribution in [2.24, 2.45) is 0 Å². The lowest BCUT2D eigenvalue weighted by Crippen LogP contribution is -1.99. The van der Waals surface area contributed by atoms with Crippen LogP contribution in [-0.4, -0.2) is 21.2 Å². The molecule has 0 saturated carbocycles. The third kappa shape index (κ3) is 1.42. The summed E-state index contributed by atoms with van der Waals surface area (Å²) in [5, 5.41) is 18.6. The Bertz CT molecular complexity index is 487. The molecule has 0 saturated heterocycles. The molecule has 1 aromatic carbocycles. The first-order valence-corrected chi connectivity index (χ1v) is 4.17. The van der Waals surface area contributed by atoms with Crippen LogP contribution in [-0.2, 0) is 11.2 Å². The highest BCUT2D eigenvalue weighted by Crippen LogP contribution is 2.24. The van der Waals surface area contributed by atoms with Crippen LogP contribution in [0.5, 0.6) is 5.75 Å². The lowest BCUT2D eigenvalue weighted by atomic mass is 10.1. The number of carboxylic acids is 1. The van der Waals surface area contributed by atoms with Gasteiger partial charge in [-0.3, -0.25) is 4.79 Å². The van der Waals surface area contributed by atoms with E-state index in [1.807, 2.05) is 0 Å². The fourth-order valence-electron chi connectivity index (χ4n) is 1.44. The van der Waals surface area contributed by atoms with Crippen molar-refractivity contribution in [2.45, 2.75) is 6.42 Å². The second-order valence-corrected chi connectivity index (χ2v) is 3.12. The first-order valence-electron chi connectivity index (χ1n) is 4.17. The molecular formula is C10H9NO3. The summed E-state index contributed by atoms with van der Waals surface area (Å²) in [6, 6.07) is 5.16. The maximum Gasteiger partial charge on any atom is 0.307 e. The number of nitrogens with one attached hydrogen (secondary N) is 1. The fraction of sp³-hybridized carbons (Fsp3) is 0.100. The van der Waals surface area contributed by atoms with E-state index < -0.39 is 5.97 Å². The molecule has 0 aliphatic carbocycles. The van der Waals surface area contributed by atoms with Crippen LogP contribution in [0.4, 0.5) is 0 Å². The van der Waals surface area contributed by atoms with E-state index in [0.29, 0.717) is 10.9 Å². The molecule has 0 spiro atoms. The van der Waals surface area contributed by atoms with E-state index in [1.165, 1.54) is 6.20 Å². The van der Waals surface area contributed by atoms with Gasteiger partial charge in [0.2, 0.25) is 0 Å². The van der Waals surface area contributed by atoms with E-state index in [2.05, 4.69) is 4.98 Å². The Morgan fingerprint density at radius 2 is 2.21 bits per heavy atom. The summed E-state index contributed by atoms with van der Waals surface area (Å²) < 4.78 is 0. The van der Waals surface area contributed by atoms with Crippen molar-refractivity contribution in [1.82, 2.24) is 4.98 Å². The highest BCUT2D eigenvalue weighted by molar-refractivity contribution is 5.87. The summed E-state index contributed by atoms with van der Waals surface area (Å²) >= 11 is 0. The monoisotopic (exact) mass is 191 g/mol. The predicted octanol–water partition coefficient (Wildman–Crippen LogP) is 1.50. The van der Waals surface area contributed by atoms with Crippen molar-refractivity contribution in [2.75, 3.05) is 0 Å². The lowest BCUT2D eigenvalue weighted by Gasteiger charge is -1.97. The molecule has 0 atom stereocenters. The molecule has 0 fully saturated rings. The molecular weight excluding hydrogens is 182 g/mol. The van der Waals surface area contributed by atoms with Crippen LogP contribution in [0, 0.1) is 0 Å². The zero-order valence-electron chi connectivity index (χ0n) is 7.32. The van der Waals surface area contributed by atoms with Gasteiger partial charge in [-0.2, -0.15) is 0 Å². The van der Waals surface area contributed by atoms with Gasteiger partial charge >= 0.3 is 5.97 Å². The van der Waals surface area contributed by atoms with Crippen LogP contribution in [0.15, 0.2) is 24.4 Å². The molecule has 0 amide bonds. The average molecular weight is 191 g/mol. The Kier molecular flexibility index (Phi) is 1.89. The van der Waals surface area contributed by atoms with Crippen LogP contribution < -0.4 is 0 Å². The number of aromatic hydroxyl groups is 1. The van der Waals surface area contributed by atoms with Gasteiger partial charge in [-0.1, -0.05) is 6.07 Å². The largest absolute Gasteiger partial charge is 0.506 e. The van der Waals surface area contributed by atoms with Gasteiger partial charge in [0.25, 0.3) is 0 Å². The van der Waals surface area contributed by atoms with Gasteiger partial charge in [-0.25, -0.2) is 0 Å². The van der Waals surface area contributed by atoms with Gasteiger partial charge in [-0.15, -0.1) is 0 Å². The number of hydrogen-bond donors (Lipinski definition) is 3. The Balaban J connectivity index is 2.49. The number of hydrogen-bond acceptors (Lipinski definition) is 2. The molecule has 1 heterocycles.